The fourth-order valence-electron chi connectivity index (χ4n) is 15.2. The Morgan fingerprint density at radius 2 is 1.34 bits per heavy atom. The number of aliphatic hydroxyl groups is 12. The van der Waals surface area contributed by atoms with E-state index in [4.69, 9.17) is 28.4 Å². The summed E-state index contributed by atoms with van der Waals surface area (Å²) in [7, 11) is 0. The number of hydrogen-bond acceptors (Lipinski definition) is 19. The number of allylic oxidation sites excluding steroid dienone is 2. The van der Waals surface area contributed by atoms with Gasteiger partial charge < -0.3 is 89.7 Å². The molecule has 2 unspecified atom stereocenters. The molecule has 0 amide bonds. The first kappa shape index (κ1) is 51.9. The molecule has 3 aliphatic heterocycles. The first-order valence-corrected chi connectivity index (χ1v) is 24.5. The largest absolute Gasteiger partial charge is 0.432 e. The highest BCUT2D eigenvalue weighted by Crippen LogP contribution is 2.76. The number of rotatable bonds is 9. The molecule has 19 heteroatoms. The Labute approximate surface area is 392 Å². The molecule has 0 bridgehead atoms. The number of carbonyl (C=O) groups excluding carboxylic acids is 1. The topological polar surface area (TPSA) is 315 Å². The summed E-state index contributed by atoms with van der Waals surface area (Å²) in [5.74, 6) is -0.386. The highest BCUT2D eigenvalue weighted by atomic mass is 16.8. The van der Waals surface area contributed by atoms with Crippen LogP contribution in [0, 0.1) is 56.7 Å². The first-order chi connectivity index (χ1) is 31.4. The van der Waals surface area contributed by atoms with E-state index >= 15 is 4.79 Å². The van der Waals surface area contributed by atoms with Crippen molar-refractivity contribution < 1.29 is 94.5 Å². The molecule has 0 aromatic heterocycles. The number of aliphatic hydroxyl groups excluding tert-OH is 12. The average Bonchev–Trinajstić information content (AvgIpc) is 3.29. The zero-order chi connectivity index (χ0) is 49.1. The Hall–Kier alpha value is -1.47. The minimum absolute atomic E-state index is 0.0112. The molecule has 8 rings (SSSR count). The molecule has 3 saturated heterocycles. The van der Waals surface area contributed by atoms with E-state index in [0.717, 1.165) is 19.3 Å². The molecule has 3 heterocycles. The van der Waals surface area contributed by atoms with Crippen molar-refractivity contribution in [2.45, 2.75) is 204 Å². The maximum atomic E-state index is 15.0. The van der Waals surface area contributed by atoms with Crippen LogP contribution in [0.3, 0.4) is 0 Å². The molecule has 19 nitrogen and oxygen atoms in total. The SMILES string of the molecule is C[C@H]1[C@H](C)CC[C@]2(C(=O)O[C@@H]3O[C@H](CO[C@@H]4O[C@H](CO)[C@@H](O[C@@H]5O[C@H](C)[C@H](O)[C@@H](O)[C@H]5O)[C@H](O)[C@H]4O)[C@@H](O)[C@H](O)[C@H]3O)CC[C@]3(C)C(=CCC4[C@@]5(C)C[C@@H](O)[C@H](O)[C@@](C)(CO)C5CC[C@]43C)[C@H]12. The van der Waals surface area contributed by atoms with Crippen LogP contribution in [0.5, 0.6) is 0 Å². The van der Waals surface area contributed by atoms with E-state index < -0.39 is 134 Å². The molecule has 0 aromatic carbocycles. The van der Waals surface area contributed by atoms with Gasteiger partial charge in [0.15, 0.2) is 12.6 Å². The summed E-state index contributed by atoms with van der Waals surface area (Å²) in [6, 6.07) is 0. The molecule has 12 N–H and O–H groups in total. The summed E-state index contributed by atoms with van der Waals surface area (Å²) in [5, 5.41) is 130. The molecule has 0 radical (unpaired) electrons. The van der Waals surface area contributed by atoms with Crippen molar-refractivity contribution in [3.05, 3.63) is 11.6 Å². The van der Waals surface area contributed by atoms with Gasteiger partial charge in [-0.15, -0.1) is 0 Å². The van der Waals surface area contributed by atoms with Crippen LogP contribution in [-0.2, 0) is 33.2 Å². The van der Waals surface area contributed by atoms with Crippen molar-refractivity contribution in [1.82, 2.24) is 0 Å². The Bertz CT molecular complexity index is 1820. The standard InChI is InChI=1S/C48H78O19/c1-20-10-13-48(15-14-46(6)23(29(48)21(20)2)8-9-28-44(4)16-24(51)39(60)45(5,19-50)27(44)11-12-47(28,46)7)43(61)67-42-36(58)33(55)31(53)26(65-42)18-62-40-37(59)34(56)38(25(17-49)64-40)66-41-35(57)32(54)30(52)22(3)63-41/h8,20-22,24-42,49-60H,9-19H2,1-7H3/t20-,21+,22-,24-,25-,26-,27?,28?,29+,30+,31-,32-,33+,34-,35-,36-,37-,38-,39+,40-,41+,42+,44+,45+,46-,47-,48+/m1/s1. The summed E-state index contributed by atoms with van der Waals surface area (Å²) in [5.41, 5.74) is -1.64. The zero-order valence-electron chi connectivity index (χ0n) is 39.8. The highest BCUT2D eigenvalue weighted by Gasteiger charge is 2.71. The van der Waals surface area contributed by atoms with Crippen molar-refractivity contribution in [2.24, 2.45) is 56.7 Å². The first-order valence-electron chi connectivity index (χ1n) is 24.5. The van der Waals surface area contributed by atoms with Gasteiger partial charge in [0.05, 0.1) is 43.5 Å². The predicted octanol–water partition coefficient (Wildman–Crippen LogP) is -1.03. The van der Waals surface area contributed by atoms with Crippen LogP contribution >= 0.6 is 0 Å². The smallest absolute Gasteiger partial charge is 0.315 e. The van der Waals surface area contributed by atoms with Gasteiger partial charge in [-0.05, 0) is 104 Å². The van der Waals surface area contributed by atoms with E-state index in [0.29, 0.717) is 32.1 Å². The number of hydrogen-bond donors (Lipinski definition) is 12. The Balaban J connectivity index is 0.985. The minimum Gasteiger partial charge on any atom is -0.432 e. The lowest BCUT2D eigenvalue weighted by atomic mass is 9.33. The maximum absolute atomic E-state index is 15.0. The van der Waals surface area contributed by atoms with Crippen LogP contribution in [0.25, 0.3) is 0 Å². The molecule has 384 valence electrons. The van der Waals surface area contributed by atoms with E-state index in [-0.39, 0.29) is 52.4 Å². The monoisotopic (exact) mass is 959 g/mol. The number of esters is 1. The molecule has 7 fully saturated rings. The molecule has 0 spiro atoms. The summed E-state index contributed by atoms with van der Waals surface area (Å²) >= 11 is 0. The van der Waals surface area contributed by atoms with Crippen LogP contribution in [-0.4, -0.2) is 191 Å². The van der Waals surface area contributed by atoms with Crippen molar-refractivity contribution in [3.8, 4) is 0 Å². The minimum atomic E-state index is -1.86. The van der Waals surface area contributed by atoms with Crippen LogP contribution in [0.4, 0.5) is 0 Å². The highest BCUT2D eigenvalue weighted by molar-refractivity contribution is 5.79. The van der Waals surface area contributed by atoms with E-state index in [1.54, 1.807) is 0 Å². The fraction of sp³-hybridized carbons (Fsp3) is 0.938. The van der Waals surface area contributed by atoms with Crippen molar-refractivity contribution in [1.29, 1.82) is 0 Å². The lowest BCUT2D eigenvalue weighted by Gasteiger charge is -2.71. The molecule has 8 aliphatic rings. The fourth-order valence-corrected chi connectivity index (χ4v) is 15.2. The van der Waals surface area contributed by atoms with Crippen molar-refractivity contribution in [2.75, 3.05) is 19.8 Å². The summed E-state index contributed by atoms with van der Waals surface area (Å²) in [6.45, 7) is 13.0. The molecule has 27 atom stereocenters. The summed E-state index contributed by atoms with van der Waals surface area (Å²) in [4.78, 5) is 15.0. The van der Waals surface area contributed by atoms with Crippen molar-refractivity contribution in [3.63, 3.8) is 0 Å². The van der Waals surface area contributed by atoms with Gasteiger partial charge in [0.2, 0.25) is 6.29 Å². The van der Waals surface area contributed by atoms with Gasteiger partial charge >= 0.3 is 5.97 Å². The van der Waals surface area contributed by atoms with Gasteiger partial charge in [0.25, 0.3) is 0 Å². The third-order valence-electron chi connectivity index (χ3n) is 19.7. The van der Waals surface area contributed by atoms with Crippen LogP contribution in [0.2, 0.25) is 0 Å². The molecular formula is C48H78O19. The van der Waals surface area contributed by atoms with Crippen LogP contribution in [0.1, 0.15) is 99.8 Å². The lowest BCUT2D eigenvalue weighted by molar-refractivity contribution is -0.361. The molecular weight excluding hydrogens is 881 g/mol. The van der Waals surface area contributed by atoms with Crippen LogP contribution in [0.15, 0.2) is 11.6 Å². The van der Waals surface area contributed by atoms with Crippen molar-refractivity contribution >= 4 is 5.97 Å². The zero-order valence-corrected chi connectivity index (χ0v) is 39.8. The number of fused-ring (bicyclic) bond motifs is 7. The van der Waals surface area contributed by atoms with Gasteiger partial charge in [-0.25, -0.2) is 0 Å². The third-order valence-corrected chi connectivity index (χ3v) is 19.7. The molecule has 67 heavy (non-hydrogen) atoms. The lowest BCUT2D eigenvalue weighted by Crippen LogP contribution is -2.68. The second-order valence-corrected chi connectivity index (χ2v) is 22.9. The Morgan fingerprint density at radius 3 is 2.01 bits per heavy atom. The van der Waals surface area contributed by atoms with Crippen LogP contribution < -0.4 is 0 Å². The van der Waals surface area contributed by atoms with Gasteiger partial charge in [0, 0.05) is 5.41 Å². The van der Waals surface area contributed by atoms with E-state index in [9.17, 15) is 61.3 Å². The van der Waals surface area contributed by atoms with Gasteiger partial charge in [-0.3, -0.25) is 4.79 Å². The van der Waals surface area contributed by atoms with Gasteiger partial charge in [-0.2, -0.15) is 0 Å². The molecule has 5 aliphatic carbocycles. The maximum Gasteiger partial charge on any atom is 0.315 e. The van der Waals surface area contributed by atoms with Gasteiger partial charge in [-0.1, -0.05) is 53.2 Å². The Morgan fingerprint density at radius 1 is 0.701 bits per heavy atom. The number of carbonyl (C=O) groups is 1. The second-order valence-electron chi connectivity index (χ2n) is 22.9. The number of ether oxygens (including phenoxy) is 6. The third kappa shape index (κ3) is 7.92. The molecule has 4 saturated carbocycles. The van der Waals surface area contributed by atoms with E-state index in [1.807, 2.05) is 6.92 Å². The molecule has 0 aromatic rings. The Kier molecular flexibility index (Phi) is 14.4. The second kappa shape index (κ2) is 18.5. The summed E-state index contributed by atoms with van der Waals surface area (Å²) < 4.78 is 34.7. The van der Waals surface area contributed by atoms with E-state index in [1.165, 1.54) is 12.5 Å². The van der Waals surface area contributed by atoms with E-state index in [2.05, 4.69) is 40.7 Å². The predicted molar refractivity (Wildman–Crippen MR) is 231 cm³/mol. The quantitative estimate of drug-likeness (QED) is 0.0971. The normalized spacial score (nSPS) is 56.7. The van der Waals surface area contributed by atoms with Gasteiger partial charge in [0.1, 0.15) is 67.1 Å². The summed E-state index contributed by atoms with van der Waals surface area (Å²) in [6.07, 6.45) is -18.9. The average molecular weight is 959 g/mol.